The maximum Gasteiger partial charge on any atom is 0.466 e. The fourth-order valence-corrected chi connectivity index (χ4v) is 0.207. The van der Waals surface area contributed by atoms with E-state index in [1.165, 1.54) is 0 Å². The molecule has 0 aliphatic rings. The van der Waals surface area contributed by atoms with Gasteiger partial charge in [-0.25, -0.2) is 4.57 Å². The van der Waals surface area contributed by atoms with E-state index in [1.807, 2.05) is 0 Å². The molecule has 9 heteroatoms. The van der Waals surface area contributed by atoms with Gasteiger partial charge in [-0.1, -0.05) is 0 Å². The molecule has 0 rings (SSSR count). The largest absolute Gasteiger partial charge is 0.466 e. The summed E-state index contributed by atoms with van der Waals surface area (Å²) in [6.07, 6.45) is -1.42. The Morgan fingerprint density at radius 2 is 1.54 bits per heavy atom. The standard InChI is InChI=1S/C4H8O4.H3O4P/c5-1-3(7)4(8)2-6;1-5(2,3)4/h3,5-7H,1-2H2;(H3,1,2,3,4)/t3-;/m0./s1. The highest BCUT2D eigenvalue weighted by Crippen LogP contribution is 2.25. The highest BCUT2D eigenvalue weighted by atomic mass is 31.2. The van der Waals surface area contributed by atoms with Crippen LogP contribution >= 0.6 is 7.82 Å². The number of aliphatic hydroxyl groups is 3. The van der Waals surface area contributed by atoms with Crippen LogP contribution in [0.3, 0.4) is 0 Å². The molecule has 80 valence electrons. The van der Waals surface area contributed by atoms with Crippen LogP contribution in [0, 0.1) is 0 Å². The molecule has 0 aliphatic heterocycles. The van der Waals surface area contributed by atoms with Gasteiger partial charge in [0.05, 0.1) is 6.61 Å². The van der Waals surface area contributed by atoms with E-state index >= 15 is 0 Å². The van der Waals surface area contributed by atoms with Crippen LogP contribution in [0.25, 0.3) is 0 Å². The maximum absolute atomic E-state index is 10.1. The first-order chi connectivity index (χ1) is 5.72. The van der Waals surface area contributed by atoms with Crippen molar-refractivity contribution in [2.45, 2.75) is 6.10 Å². The highest BCUT2D eigenvalue weighted by Gasteiger charge is 2.10. The van der Waals surface area contributed by atoms with Gasteiger partial charge in [-0.15, -0.1) is 0 Å². The van der Waals surface area contributed by atoms with E-state index in [0.717, 1.165) is 0 Å². The first-order valence-corrected chi connectivity index (χ1v) is 4.49. The predicted molar refractivity (Wildman–Crippen MR) is 39.4 cm³/mol. The molecule has 0 radical (unpaired) electrons. The van der Waals surface area contributed by atoms with E-state index in [-0.39, 0.29) is 0 Å². The van der Waals surface area contributed by atoms with Crippen molar-refractivity contribution in [3.05, 3.63) is 0 Å². The van der Waals surface area contributed by atoms with Crippen molar-refractivity contribution in [3.8, 4) is 0 Å². The Kier molecular flexibility index (Phi) is 8.27. The lowest BCUT2D eigenvalue weighted by atomic mass is 10.3. The van der Waals surface area contributed by atoms with E-state index in [0.29, 0.717) is 0 Å². The van der Waals surface area contributed by atoms with Crippen molar-refractivity contribution in [2.75, 3.05) is 13.2 Å². The van der Waals surface area contributed by atoms with Crippen molar-refractivity contribution >= 4 is 13.6 Å². The van der Waals surface area contributed by atoms with Gasteiger partial charge in [0, 0.05) is 0 Å². The van der Waals surface area contributed by atoms with Gasteiger partial charge in [-0.3, -0.25) is 4.79 Å². The van der Waals surface area contributed by atoms with E-state index < -0.39 is 32.9 Å². The molecular formula is C4H11O8P. The summed E-state index contributed by atoms with van der Waals surface area (Å²) in [5.74, 6) is -0.757. The molecule has 0 saturated heterocycles. The molecule has 13 heavy (non-hydrogen) atoms. The lowest BCUT2D eigenvalue weighted by molar-refractivity contribution is -0.131. The van der Waals surface area contributed by atoms with Gasteiger partial charge in [0.1, 0.15) is 12.7 Å². The number of rotatable bonds is 3. The van der Waals surface area contributed by atoms with Crippen molar-refractivity contribution in [2.24, 2.45) is 0 Å². The van der Waals surface area contributed by atoms with Gasteiger partial charge >= 0.3 is 7.82 Å². The summed E-state index contributed by atoms with van der Waals surface area (Å²) in [6.45, 7) is -1.35. The maximum atomic E-state index is 10.1. The minimum atomic E-state index is -4.64. The van der Waals surface area contributed by atoms with Crippen LogP contribution in [0.4, 0.5) is 0 Å². The molecule has 0 heterocycles. The van der Waals surface area contributed by atoms with Crippen molar-refractivity contribution < 1.29 is 39.4 Å². The average Bonchev–Trinajstić information content (AvgIpc) is 1.98. The minimum absolute atomic E-state index is 0.626. The summed E-state index contributed by atoms with van der Waals surface area (Å²) >= 11 is 0. The van der Waals surface area contributed by atoms with Crippen LogP contribution in [-0.2, 0) is 9.36 Å². The molecule has 0 aliphatic carbocycles. The zero-order valence-electron chi connectivity index (χ0n) is 6.44. The SMILES string of the molecule is O=C(CO)[C@@H](O)CO.O=P(O)(O)O. The van der Waals surface area contributed by atoms with Crippen molar-refractivity contribution in [3.63, 3.8) is 0 Å². The minimum Gasteiger partial charge on any atom is -0.393 e. The molecular weight excluding hydrogens is 207 g/mol. The summed E-state index contributed by atoms with van der Waals surface area (Å²) in [4.78, 5) is 31.6. The summed E-state index contributed by atoms with van der Waals surface area (Å²) in [6, 6.07) is 0. The van der Waals surface area contributed by atoms with E-state index in [4.69, 9.17) is 34.6 Å². The number of hydrogen-bond donors (Lipinski definition) is 6. The van der Waals surface area contributed by atoms with Crippen LogP contribution in [0.2, 0.25) is 0 Å². The summed E-state index contributed by atoms with van der Waals surface area (Å²) in [5.41, 5.74) is 0. The van der Waals surface area contributed by atoms with Crippen LogP contribution in [-0.4, -0.2) is 55.1 Å². The number of Topliss-reactive ketones (excluding diaryl/α,β-unsaturated/α-hetero) is 1. The lowest BCUT2D eigenvalue weighted by Crippen LogP contribution is -2.26. The second-order valence-corrected chi connectivity index (χ2v) is 2.86. The molecule has 0 unspecified atom stereocenters. The molecule has 0 saturated carbocycles. The molecule has 0 bridgehead atoms. The Balaban J connectivity index is 0. The van der Waals surface area contributed by atoms with Gasteiger partial charge < -0.3 is 30.0 Å². The summed E-state index contributed by atoms with van der Waals surface area (Å²) < 4.78 is 8.88. The fraction of sp³-hybridized carbons (Fsp3) is 0.750. The number of carbonyl (C=O) groups excluding carboxylic acids is 1. The molecule has 0 fully saturated rings. The summed E-state index contributed by atoms with van der Waals surface area (Å²) in [5, 5.41) is 24.4. The van der Waals surface area contributed by atoms with Gasteiger partial charge in [-0.05, 0) is 0 Å². The lowest BCUT2D eigenvalue weighted by Gasteiger charge is -2.00. The van der Waals surface area contributed by atoms with Crippen LogP contribution < -0.4 is 0 Å². The second-order valence-electron chi connectivity index (χ2n) is 1.84. The first kappa shape index (κ1) is 15.1. The Morgan fingerprint density at radius 3 is 1.62 bits per heavy atom. The first-order valence-electron chi connectivity index (χ1n) is 2.93. The van der Waals surface area contributed by atoms with Crippen molar-refractivity contribution in [1.29, 1.82) is 0 Å². The normalized spacial score (nSPS) is 12.8. The molecule has 1 atom stereocenters. The quantitative estimate of drug-likeness (QED) is 0.273. The van der Waals surface area contributed by atoms with Gasteiger partial charge in [0.2, 0.25) is 0 Å². The molecule has 0 amide bonds. The predicted octanol–water partition coefficient (Wildman–Crippen LogP) is -3.03. The third kappa shape index (κ3) is 18.5. The zero-order chi connectivity index (χ0) is 11.1. The Labute approximate surface area is 73.3 Å². The van der Waals surface area contributed by atoms with Gasteiger partial charge in [0.25, 0.3) is 0 Å². The smallest absolute Gasteiger partial charge is 0.393 e. The Morgan fingerprint density at radius 1 is 1.23 bits per heavy atom. The van der Waals surface area contributed by atoms with E-state index in [1.54, 1.807) is 0 Å². The van der Waals surface area contributed by atoms with Crippen LogP contribution in [0.5, 0.6) is 0 Å². The molecule has 0 spiro atoms. The van der Waals surface area contributed by atoms with Gasteiger partial charge in [-0.2, -0.15) is 0 Å². The second kappa shape index (κ2) is 7.10. The van der Waals surface area contributed by atoms with Crippen LogP contribution in [0.1, 0.15) is 0 Å². The monoisotopic (exact) mass is 218 g/mol. The number of phosphoric acid groups is 1. The van der Waals surface area contributed by atoms with Crippen molar-refractivity contribution in [1.82, 2.24) is 0 Å². The molecule has 0 aromatic rings. The van der Waals surface area contributed by atoms with Gasteiger partial charge in [0.15, 0.2) is 5.78 Å². The number of carbonyl (C=O) groups is 1. The van der Waals surface area contributed by atoms with E-state index in [9.17, 15) is 4.79 Å². The number of aliphatic hydroxyl groups excluding tert-OH is 3. The number of ketones is 1. The molecule has 8 nitrogen and oxygen atoms in total. The molecule has 6 N–H and O–H groups in total. The summed E-state index contributed by atoms with van der Waals surface area (Å²) in [7, 11) is -4.64. The topological polar surface area (TPSA) is 156 Å². The molecule has 0 aromatic heterocycles. The Bertz CT molecular complexity index is 176. The Hall–Kier alpha value is -0.340. The highest BCUT2D eigenvalue weighted by molar-refractivity contribution is 7.45. The fourth-order valence-electron chi connectivity index (χ4n) is 0.207. The van der Waals surface area contributed by atoms with Crippen LogP contribution in [0.15, 0.2) is 0 Å². The third-order valence-corrected chi connectivity index (χ3v) is 0.700. The zero-order valence-corrected chi connectivity index (χ0v) is 7.33. The number of hydrogen-bond acceptors (Lipinski definition) is 5. The average molecular weight is 218 g/mol. The molecule has 0 aromatic carbocycles. The van der Waals surface area contributed by atoms with E-state index in [2.05, 4.69) is 0 Å². The third-order valence-electron chi connectivity index (χ3n) is 0.700.